The molecule has 1 aliphatic carbocycles. The van der Waals surface area contributed by atoms with Crippen molar-refractivity contribution in [3.05, 3.63) is 6.42 Å². The van der Waals surface area contributed by atoms with Crippen LogP contribution in [0.2, 0.25) is 0 Å². The zero-order valence-corrected chi connectivity index (χ0v) is 6.97. The molecule has 1 unspecified atom stereocenters. The molecule has 1 radical (unpaired) electrons. The van der Waals surface area contributed by atoms with Gasteiger partial charge in [0, 0.05) is 13.7 Å². The van der Waals surface area contributed by atoms with E-state index in [0.717, 1.165) is 12.5 Å². The highest BCUT2D eigenvalue weighted by Crippen LogP contribution is 2.31. The van der Waals surface area contributed by atoms with Crippen LogP contribution in [0.15, 0.2) is 0 Å². The third-order valence-electron chi connectivity index (χ3n) is 2.18. The van der Waals surface area contributed by atoms with E-state index >= 15 is 0 Å². The second-order valence-corrected chi connectivity index (χ2v) is 3.32. The first-order chi connectivity index (χ1) is 4.83. The van der Waals surface area contributed by atoms with Gasteiger partial charge < -0.3 is 4.74 Å². The van der Waals surface area contributed by atoms with Gasteiger partial charge in [-0.15, -0.1) is 0 Å². The zero-order chi connectivity index (χ0) is 7.40. The van der Waals surface area contributed by atoms with Crippen molar-refractivity contribution in [1.82, 2.24) is 0 Å². The minimum atomic E-state index is 0.648. The summed E-state index contributed by atoms with van der Waals surface area (Å²) in [5, 5.41) is 0. The van der Waals surface area contributed by atoms with Crippen LogP contribution in [0.3, 0.4) is 0 Å². The van der Waals surface area contributed by atoms with Gasteiger partial charge in [-0.3, -0.25) is 0 Å². The minimum Gasteiger partial charge on any atom is -0.384 e. The summed E-state index contributed by atoms with van der Waals surface area (Å²) in [4.78, 5) is 0. The summed E-state index contributed by atoms with van der Waals surface area (Å²) in [5.41, 5.74) is 0. The molecule has 1 nitrogen and oxygen atoms in total. The molecule has 0 bridgehead atoms. The molecular formula is C9H17O. The fourth-order valence-electron chi connectivity index (χ4n) is 1.42. The molecule has 0 heterocycles. The van der Waals surface area contributed by atoms with Gasteiger partial charge in [-0.2, -0.15) is 0 Å². The number of ether oxygens (including phenoxy) is 1. The summed E-state index contributed by atoms with van der Waals surface area (Å²) in [7, 11) is 1.77. The smallest absolute Gasteiger partial charge is 0.0490 e. The lowest BCUT2D eigenvalue weighted by molar-refractivity contribution is 0.160. The Morgan fingerprint density at radius 2 is 2.30 bits per heavy atom. The highest BCUT2D eigenvalue weighted by Gasteiger charge is 2.19. The average molecular weight is 141 g/mol. The van der Waals surface area contributed by atoms with Gasteiger partial charge in [-0.1, -0.05) is 26.2 Å². The summed E-state index contributed by atoms with van der Waals surface area (Å²) in [6.45, 7) is 3.11. The highest BCUT2D eigenvalue weighted by molar-refractivity contribution is 4.86. The lowest BCUT2D eigenvalue weighted by Crippen LogP contribution is -2.17. The molecule has 0 saturated heterocycles. The van der Waals surface area contributed by atoms with E-state index in [-0.39, 0.29) is 0 Å². The maximum absolute atomic E-state index is 5.04. The molecule has 0 aromatic heterocycles. The second-order valence-electron chi connectivity index (χ2n) is 3.32. The van der Waals surface area contributed by atoms with E-state index in [1.807, 2.05) is 0 Å². The van der Waals surface area contributed by atoms with E-state index in [9.17, 15) is 0 Å². The van der Waals surface area contributed by atoms with Crippen LogP contribution >= 0.6 is 0 Å². The quantitative estimate of drug-likeness (QED) is 0.583. The van der Waals surface area contributed by atoms with Gasteiger partial charge in [-0.25, -0.2) is 0 Å². The van der Waals surface area contributed by atoms with Crippen molar-refractivity contribution < 1.29 is 4.74 Å². The first-order valence-corrected chi connectivity index (χ1v) is 4.17. The van der Waals surface area contributed by atoms with Crippen LogP contribution in [0.4, 0.5) is 0 Å². The van der Waals surface area contributed by atoms with Gasteiger partial charge in [-0.05, 0) is 18.3 Å². The van der Waals surface area contributed by atoms with Crippen LogP contribution in [-0.2, 0) is 4.74 Å². The minimum absolute atomic E-state index is 0.648. The van der Waals surface area contributed by atoms with E-state index in [1.165, 1.54) is 19.3 Å². The maximum atomic E-state index is 5.04. The van der Waals surface area contributed by atoms with Crippen LogP contribution in [0.25, 0.3) is 0 Å². The summed E-state index contributed by atoms with van der Waals surface area (Å²) in [6, 6.07) is 0. The topological polar surface area (TPSA) is 9.23 Å². The summed E-state index contributed by atoms with van der Waals surface area (Å²) >= 11 is 0. The number of hydrogen-bond donors (Lipinski definition) is 0. The zero-order valence-electron chi connectivity index (χ0n) is 6.97. The molecule has 0 spiro atoms. The molecule has 0 aromatic rings. The molecule has 10 heavy (non-hydrogen) atoms. The van der Waals surface area contributed by atoms with Gasteiger partial charge in [0.25, 0.3) is 0 Å². The van der Waals surface area contributed by atoms with Crippen molar-refractivity contribution >= 4 is 0 Å². The van der Waals surface area contributed by atoms with Crippen LogP contribution in [0, 0.1) is 18.3 Å². The molecule has 0 aromatic carbocycles. The molecule has 1 heteroatoms. The standard InChI is InChI=1S/C9H17O/c1-8(7-10-2)6-9-4-3-5-9/h6,8-9H,3-5,7H2,1-2H3. The molecule has 1 rings (SSSR count). The van der Waals surface area contributed by atoms with Crippen molar-refractivity contribution in [3.8, 4) is 0 Å². The van der Waals surface area contributed by atoms with Crippen molar-refractivity contribution in [2.24, 2.45) is 11.8 Å². The SMILES string of the molecule is COCC(C)[CH]C1CCC1. The number of hydrogen-bond acceptors (Lipinski definition) is 1. The van der Waals surface area contributed by atoms with Gasteiger partial charge in [0.2, 0.25) is 0 Å². The predicted molar refractivity (Wildman–Crippen MR) is 42.7 cm³/mol. The predicted octanol–water partition coefficient (Wildman–Crippen LogP) is 2.27. The maximum Gasteiger partial charge on any atom is 0.0490 e. The van der Waals surface area contributed by atoms with Crippen LogP contribution in [0.1, 0.15) is 26.2 Å². The van der Waals surface area contributed by atoms with Crippen LogP contribution < -0.4 is 0 Å². The molecule has 1 atom stereocenters. The fourth-order valence-corrected chi connectivity index (χ4v) is 1.42. The average Bonchev–Trinajstić information content (AvgIpc) is 1.80. The number of rotatable bonds is 4. The van der Waals surface area contributed by atoms with Crippen LogP contribution in [-0.4, -0.2) is 13.7 Å². The van der Waals surface area contributed by atoms with E-state index < -0.39 is 0 Å². The van der Waals surface area contributed by atoms with Crippen LogP contribution in [0.5, 0.6) is 0 Å². The Hall–Kier alpha value is -0.0400. The molecule has 0 aliphatic heterocycles. The highest BCUT2D eigenvalue weighted by atomic mass is 16.5. The molecule has 1 saturated carbocycles. The van der Waals surface area contributed by atoms with E-state index in [2.05, 4.69) is 13.3 Å². The fraction of sp³-hybridized carbons (Fsp3) is 0.889. The van der Waals surface area contributed by atoms with Gasteiger partial charge in [0.15, 0.2) is 0 Å². The molecule has 1 aliphatic rings. The Balaban J connectivity index is 1.99. The Labute approximate surface area is 63.8 Å². The summed E-state index contributed by atoms with van der Waals surface area (Å²) in [6.07, 6.45) is 6.69. The first kappa shape index (κ1) is 8.06. The normalized spacial score (nSPS) is 22.2. The third kappa shape index (κ3) is 2.30. The molecule has 0 N–H and O–H groups in total. The van der Waals surface area contributed by atoms with Gasteiger partial charge >= 0.3 is 0 Å². The largest absolute Gasteiger partial charge is 0.384 e. The van der Waals surface area contributed by atoms with Crippen molar-refractivity contribution in [2.75, 3.05) is 13.7 Å². The Morgan fingerprint density at radius 3 is 2.70 bits per heavy atom. The lowest BCUT2D eigenvalue weighted by atomic mass is 9.79. The monoisotopic (exact) mass is 141 g/mol. The second kappa shape index (κ2) is 3.97. The summed E-state index contributed by atoms with van der Waals surface area (Å²) < 4.78 is 5.04. The molecule has 1 fully saturated rings. The molecule has 59 valence electrons. The van der Waals surface area contributed by atoms with E-state index in [1.54, 1.807) is 7.11 Å². The Bertz CT molecular complexity index is 86.7. The van der Waals surface area contributed by atoms with Crippen molar-refractivity contribution in [3.63, 3.8) is 0 Å². The lowest BCUT2D eigenvalue weighted by Gasteiger charge is -2.27. The molecule has 0 amide bonds. The summed E-state index contributed by atoms with van der Waals surface area (Å²) in [5.74, 6) is 1.56. The Kier molecular flexibility index (Phi) is 3.20. The van der Waals surface area contributed by atoms with Gasteiger partial charge in [0.05, 0.1) is 0 Å². The van der Waals surface area contributed by atoms with E-state index in [4.69, 9.17) is 4.74 Å². The van der Waals surface area contributed by atoms with Gasteiger partial charge in [0.1, 0.15) is 0 Å². The number of methoxy groups -OCH3 is 1. The van der Waals surface area contributed by atoms with E-state index in [0.29, 0.717) is 5.92 Å². The molecular weight excluding hydrogens is 124 g/mol. The Morgan fingerprint density at radius 1 is 1.60 bits per heavy atom. The van der Waals surface area contributed by atoms with Crippen molar-refractivity contribution in [2.45, 2.75) is 26.2 Å². The van der Waals surface area contributed by atoms with Crippen molar-refractivity contribution in [1.29, 1.82) is 0 Å². The first-order valence-electron chi connectivity index (χ1n) is 4.17. The third-order valence-corrected chi connectivity index (χ3v) is 2.18.